The van der Waals surface area contributed by atoms with Gasteiger partial charge in [-0.05, 0) is 28.1 Å². The summed E-state index contributed by atoms with van der Waals surface area (Å²) >= 11 is 3.35. The smallest absolute Gasteiger partial charge is 0.309 e. The van der Waals surface area contributed by atoms with Gasteiger partial charge in [-0.2, -0.15) is 0 Å². The van der Waals surface area contributed by atoms with Crippen LogP contribution in [0.1, 0.15) is 5.69 Å². The van der Waals surface area contributed by atoms with Gasteiger partial charge in [0.1, 0.15) is 12.1 Å². The second kappa shape index (κ2) is 5.59. The number of aromatic nitrogens is 2. The summed E-state index contributed by atoms with van der Waals surface area (Å²) in [6, 6.07) is 8.83. The molecule has 2 aromatic rings. The summed E-state index contributed by atoms with van der Waals surface area (Å²) in [4.78, 5) is 18.4. The topological polar surface area (TPSA) is 72.3 Å². The van der Waals surface area contributed by atoms with Crippen LogP contribution in [0.15, 0.2) is 41.1 Å². The van der Waals surface area contributed by atoms with E-state index in [-0.39, 0.29) is 6.42 Å². The van der Waals surface area contributed by atoms with Gasteiger partial charge < -0.3 is 9.84 Å². The summed E-state index contributed by atoms with van der Waals surface area (Å²) in [6.07, 6.45) is 1.12. The third-order valence-corrected chi connectivity index (χ3v) is 2.74. The fraction of sp³-hybridized carbons (Fsp3) is 0.0833. The minimum atomic E-state index is -0.944. The van der Waals surface area contributed by atoms with E-state index in [1.165, 1.54) is 12.4 Å². The number of ether oxygens (including phenoxy) is 1. The maximum absolute atomic E-state index is 10.6. The van der Waals surface area contributed by atoms with Gasteiger partial charge in [-0.15, -0.1) is 0 Å². The SMILES string of the molecule is O=C(O)Cc1cc(Oc2ccccc2Br)ncn1. The van der Waals surface area contributed by atoms with Gasteiger partial charge in [0.05, 0.1) is 16.6 Å². The largest absolute Gasteiger partial charge is 0.481 e. The lowest BCUT2D eigenvalue weighted by molar-refractivity contribution is -0.136. The van der Waals surface area contributed by atoms with Crippen LogP contribution >= 0.6 is 15.9 Å². The first-order valence-electron chi connectivity index (χ1n) is 5.10. The molecule has 0 aliphatic carbocycles. The average molecular weight is 309 g/mol. The lowest BCUT2D eigenvalue weighted by Crippen LogP contribution is -2.03. The number of carboxylic acid groups (broad SMARTS) is 1. The molecule has 0 amide bonds. The van der Waals surface area contributed by atoms with Crippen LogP contribution in [-0.2, 0) is 11.2 Å². The van der Waals surface area contributed by atoms with Crippen molar-refractivity contribution in [3.05, 3.63) is 46.8 Å². The number of benzene rings is 1. The van der Waals surface area contributed by atoms with Crippen molar-refractivity contribution in [3.63, 3.8) is 0 Å². The van der Waals surface area contributed by atoms with Crippen LogP contribution in [0.25, 0.3) is 0 Å². The van der Waals surface area contributed by atoms with Crippen molar-refractivity contribution in [1.82, 2.24) is 9.97 Å². The molecule has 18 heavy (non-hydrogen) atoms. The quantitative estimate of drug-likeness (QED) is 0.940. The lowest BCUT2D eigenvalue weighted by Gasteiger charge is -2.06. The van der Waals surface area contributed by atoms with E-state index in [9.17, 15) is 4.79 Å². The van der Waals surface area contributed by atoms with Crippen molar-refractivity contribution in [3.8, 4) is 11.6 Å². The molecule has 1 heterocycles. The van der Waals surface area contributed by atoms with Gasteiger partial charge >= 0.3 is 5.97 Å². The molecule has 1 N–H and O–H groups in total. The van der Waals surface area contributed by atoms with Crippen LogP contribution in [0.3, 0.4) is 0 Å². The first-order chi connectivity index (χ1) is 8.65. The number of nitrogens with zero attached hydrogens (tertiary/aromatic N) is 2. The molecule has 1 aromatic carbocycles. The second-order valence-electron chi connectivity index (χ2n) is 3.45. The summed E-state index contributed by atoms with van der Waals surface area (Å²) in [5, 5.41) is 8.68. The van der Waals surface area contributed by atoms with E-state index >= 15 is 0 Å². The van der Waals surface area contributed by atoms with Gasteiger partial charge in [0.25, 0.3) is 0 Å². The first kappa shape index (κ1) is 12.5. The molecule has 1 aromatic heterocycles. The van der Waals surface area contributed by atoms with Crippen molar-refractivity contribution in [2.45, 2.75) is 6.42 Å². The Kier molecular flexibility index (Phi) is 3.88. The fourth-order valence-corrected chi connectivity index (χ4v) is 1.69. The highest BCUT2D eigenvalue weighted by Gasteiger charge is 2.06. The van der Waals surface area contributed by atoms with Crippen LogP contribution in [-0.4, -0.2) is 21.0 Å². The maximum Gasteiger partial charge on any atom is 0.309 e. The molecular weight excluding hydrogens is 300 g/mol. The Morgan fingerprint density at radius 1 is 1.33 bits per heavy atom. The van der Waals surface area contributed by atoms with Crippen molar-refractivity contribution >= 4 is 21.9 Å². The third-order valence-electron chi connectivity index (χ3n) is 2.08. The Labute approximate surface area is 112 Å². The molecule has 0 aliphatic rings. The highest BCUT2D eigenvalue weighted by Crippen LogP contribution is 2.28. The molecule has 6 heteroatoms. The van der Waals surface area contributed by atoms with Gasteiger partial charge in [0, 0.05) is 6.07 Å². The summed E-state index contributed by atoms with van der Waals surface area (Å²) in [6.45, 7) is 0. The molecule has 0 unspecified atom stereocenters. The zero-order chi connectivity index (χ0) is 13.0. The van der Waals surface area contributed by atoms with Crippen molar-refractivity contribution in [2.24, 2.45) is 0 Å². The Bertz CT molecular complexity index is 575. The van der Waals surface area contributed by atoms with Gasteiger partial charge in [0.15, 0.2) is 0 Å². The molecule has 92 valence electrons. The predicted octanol–water partition coefficient (Wildman–Crippen LogP) is 2.66. The third kappa shape index (κ3) is 3.27. The zero-order valence-corrected chi connectivity index (χ0v) is 10.8. The van der Waals surface area contributed by atoms with Crippen LogP contribution < -0.4 is 4.74 Å². The molecular formula is C12H9BrN2O3. The lowest BCUT2D eigenvalue weighted by atomic mass is 10.3. The second-order valence-corrected chi connectivity index (χ2v) is 4.30. The minimum Gasteiger partial charge on any atom is -0.481 e. The van der Waals surface area contributed by atoms with Crippen molar-refractivity contribution < 1.29 is 14.6 Å². The number of carboxylic acids is 1. The molecule has 0 atom stereocenters. The molecule has 0 spiro atoms. The Balaban J connectivity index is 2.19. The molecule has 0 radical (unpaired) electrons. The van der Waals surface area contributed by atoms with E-state index in [1.54, 1.807) is 6.07 Å². The van der Waals surface area contributed by atoms with Gasteiger partial charge in [-0.3, -0.25) is 4.79 Å². The van der Waals surface area contributed by atoms with Gasteiger partial charge in [0.2, 0.25) is 5.88 Å². The number of carbonyl (C=O) groups is 1. The normalized spacial score (nSPS) is 10.1. The predicted molar refractivity (Wildman–Crippen MR) is 67.6 cm³/mol. The van der Waals surface area contributed by atoms with E-state index in [1.807, 2.05) is 18.2 Å². The summed E-state index contributed by atoms with van der Waals surface area (Å²) in [5.74, 6) is -0.0221. The molecule has 0 aliphatic heterocycles. The van der Waals surface area contributed by atoms with E-state index < -0.39 is 5.97 Å². The number of hydrogen-bond donors (Lipinski definition) is 1. The number of halogens is 1. The number of aliphatic carboxylic acids is 1. The molecule has 0 saturated carbocycles. The number of para-hydroxylation sites is 1. The number of rotatable bonds is 4. The highest BCUT2D eigenvalue weighted by atomic mass is 79.9. The zero-order valence-electron chi connectivity index (χ0n) is 9.21. The van der Waals surface area contributed by atoms with E-state index in [0.29, 0.717) is 17.3 Å². The van der Waals surface area contributed by atoms with Crippen LogP contribution in [0.5, 0.6) is 11.6 Å². The average Bonchev–Trinajstić information content (AvgIpc) is 2.32. The molecule has 0 saturated heterocycles. The van der Waals surface area contributed by atoms with Gasteiger partial charge in [-0.1, -0.05) is 12.1 Å². The van der Waals surface area contributed by atoms with Crippen molar-refractivity contribution in [2.75, 3.05) is 0 Å². The van der Waals surface area contributed by atoms with E-state index in [2.05, 4.69) is 25.9 Å². The van der Waals surface area contributed by atoms with Gasteiger partial charge in [-0.25, -0.2) is 9.97 Å². The number of hydrogen-bond acceptors (Lipinski definition) is 4. The first-order valence-corrected chi connectivity index (χ1v) is 5.89. The summed E-state index contributed by atoms with van der Waals surface area (Å²) < 4.78 is 6.34. The van der Waals surface area contributed by atoms with E-state index in [0.717, 1.165) is 4.47 Å². The Morgan fingerprint density at radius 3 is 2.83 bits per heavy atom. The minimum absolute atomic E-state index is 0.158. The van der Waals surface area contributed by atoms with Crippen molar-refractivity contribution in [1.29, 1.82) is 0 Å². The van der Waals surface area contributed by atoms with E-state index in [4.69, 9.17) is 9.84 Å². The monoisotopic (exact) mass is 308 g/mol. The maximum atomic E-state index is 10.6. The highest BCUT2D eigenvalue weighted by molar-refractivity contribution is 9.10. The molecule has 5 nitrogen and oxygen atoms in total. The summed E-state index contributed by atoms with van der Waals surface area (Å²) in [7, 11) is 0. The summed E-state index contributed by atoms with van der Waals surface area (Å²) in [5.41, 5.74) is 0.402. The van der Waals surface area contributed by atoms with Crippen LogP contribution in [0.4, 0.5) is 0 Å². The molecule has 0 bridgehead atoms. The molecule has 2 rings (SSSR count). The Morgan fingerprint density at radius 2 is 2.11 bits per heavy atom. The Hall–Kier alpha value is -1.95. The molecule has 0 fully saturated rings. The van der Waals surface area contributed by atoms with Crippen LogP contribution in [0, 0.1) is 0 Å². The van der Waals surface area contributed by atoms with Crippen LogP contribution in [0.2, 0.25) is 0 Å². The standard InChI is InChI=1S/C12H9BrN2O3/c13-9-3-1-2-4-10(9)18-11-5-8(6-12(16)17)14-7-15-11/h1-5,7H,6H2,(H,16,17). The fourth-order valence-electron chi connectivity index (χ4n) is 1.32.